The highest BCUT2D eigenvalue weighted by molar-refractivity contribution is 9.10. The van der Waals surface area contributed by atoms with Crippen LogP contribution in [0.25, 0.3) is 22.4 Å². The number of hydrogen-bond acceptors (Lipinski definition) is 1. The van der Waals surface area contributed by atoms with Gasteiger partial charge in [0, 0.05) is 11.6 Å². The minimum absolute atomic E-state index is 0.0209. The molecule has 0 unspecified atom stereocenters. The maximum atomic E-state index is 13.5. The Morgan fingerprint density at radius 2 is 1.84 bits per heavy atom. The molecule has 19 heavy (non-hydrogen) atoms. The van der Waals surface area contributed by atoms with Crippen LogP contribution >= 0.6 is 15.9 Å². The van der Waals surface area contributed by atoms with E-state index in [9.17, 15) is 13.2 Å². The van der Waals surface area contributed by atoms with Gasteiger partial charge in [-0.15, -0.1) is 0 Å². The van der Waals surface area contributed by atoms with Crippen LogP contribution in [0, 0.1) is 17.5 Å². The summed E-state index contributed by atoms with van der Waals surface area (Å²) in [7, 11) is 0. The van der Waals surface area contributed by atoms with Gasteiger partial charge < -0.3 is 4.98 Å². The van der Waals surface area contributed by atoms with E-state index in [0.29, 0.717) is 5.56 Å². The first-order chi connectivity index (χ1) is 9.06. The van der Waals surface area contributed by atoms with E-state index in [2.05, 4.69) is 25.9 Å². The SMILES string of the molecule is Fc1cc(F)c2nc(-c3cccc(F)c3Br)[nH]c2c1. The summed E-state index contributed by atoms with van der Waals surface area (Å²) in [5, 5.41) is 0. The van der Waals surface area contributed by atoms with Crippen molar-refractivity contribution >= 4 is 27.0 Å². The van der Waals surface area contributed by atoms with E-state index >= 15 is 0 Å². The van der Waals surface area contributed by atoms with Gasteiger partial charge in [-0.25, -0.2) is 18.2 Å². The fraction of sp³-hybridized carbons (Fsp3) is 0. The minimum Gasteiger partial charge on any atom is -0.338 e. The molecule has 96 valence electrons. The summed E-state index contributed by atoms with van der Waals surface area (Å²) in [6.45, 7) is 0. The molecular weight excluding hydrogens is 321 g/mol. The third-order valence-electron chi connectivity index (χ3n) is 2.71. The maximum Gasteiger partial charge on any atom is 0.153 e. The molecule has 0 saturated carbocycles. The molecule has 1 aromatic heterocycles. The first-order valence-corrected chi connectivity index (χ1v) is 6.14. The van der Waals surface area contributed by atoms with Crippen LogP contribution in [-0.4, -0.2) is 9.97 Å². The van der Waals surface area contributed by atoms with E-state index < -0.39 is 17.5 Å². The first-order valence-electron chi connectivity index (χ1n) is 5.35. The predicted molar refractivity (Wildman–Crippen MR) is 69.1 cm³/mol. The van der Waals surface area contributed by atoms with Crippen LogP contribution in [-0.2, 0) is 0 Å². The van der Waals surface area contributed by atoms with Crippen molar-refractivity contribution in [3.05, 3.63) is 52.3 Å². The second-order valence-corrected chi connectivity index (χ2v) is 4.76. The van der Waals surface area contributed by atoms with Crippen LogP contribution < -0.4 is 0 Å². The Labute approximate surface area is 114 Å². The third kappa shape index (κ3) is 2.02. The standard InChI is InChI=1S/C13H6BrF3N2/c14-11-7(2-1-3-8(11)16)13-18-10-5-6(15)4-9(17)12(10)19-13/h1-5H,(H,18,19). The van der Waals surface area contributed by atoms with E-state index in [0.717, 1.165) is 12.1 Å². The van der Waals surface area contributed by atoms with Crippen molar-refractivity contribution in [3.8, 4) is 11.4 Å². The summed E-state index contributed by atoms with van der Waals surface area (Å²) in [5.41, 5.74) is 0.687. The molecule has 3 aromatic rings. The Morgan fingerprint density at radius 1 is 1.05 bits per heavy atom. The summed E-state index contributed by atoms with van der Waals surface area (Å²) < 4.78 is 40.3. The Balaban J connectivity index is 2.26. The van der Waals surface area contributed by atoms with Crippen molar-refractivity contribution in [1.82, 2.24) is 9.97 Å². The number of nitrogens with zero attached hydrogens (tertiary/aromatic N) is 1. The zero-order valence-corrected chi connectivity index (χ0v) is 10.9. The summed E-state index contributed by atoms with van der Waals surface area (Å²) in [6.07, 6.45) is 0. The third-order valence-corrected chi connectivity index (χ3v) is 3.52. The molecule has 0 saturated heterocycles. The quantitative estimate of drug-likeness (QED) is 0.705. The van der Waals surface area contributed by atoms with E-state index in [1.807, 2.05) is 0 Å². The second kappa shape index (κ2) is 4.38. The van der Waals surface area contributed by atoms with Crippen LogP contribution in [0.1, 0.15) is 0 Å². The van der Waals surface area contributed by atoms with Crippen molar-refractivity contribution in [2.75, 3.05) is 0 Å². The van der Waals surface area contributed by atoms with Crippen molar-refractivity contribution in [2.24, 2.45) is 0 Å². The van der Waals surface area contributed by atoms with Crippen LogP contribution in [0.5, 0.6) is 0 Å². The number of H-pyrrole nitrogens is 1. The van der Waals surface area contributed by atoms with Crippen molar-refractivity contribution in [2.45, 2.75) is 0 Å². The summed E-state index contributed by atoms with van der Waals surface area (Å²) in [6, 6.07) is 6.32. The number of rotatable bonds is 1. The molecule has 0 bridgehead atoms. The fourth-order valence-corrected chi connectivity index (χ4v) is 2.31. The molecule has 1 heterocycles. The van der Waals surface area contributed by atoms with Crippen LogP contribution in [0.15, 0.2) is 34.8 Å². The predicted octanol–water partition coefficient (Wildman–Crippen LogP) is 4.41. The fourth-order valence-electron chi connectivity index (χ4n) is 1.86. The van der Waals surface area contributed by atoms with Gasteiger partial charge >= 0.3 is 0 Å². The molecule has 0 aliphatic heterocycles. The van der Waals surface area contributed by atoms with Gasteiger partial charge in [0.1, 0.15) is 23.0 Å². The first kappa shape index (κ1) is 12.2. The zero-order valence-electron chi connectivity index (χ0n) is 9.35. The molecule has 0 atom stereocenters. The number of benzene rings is 2. The van der Waals surface area contributed by atoms with Gasteiger partial charge in [0.15, 0.2) is 5.82 Å². The number of aromatic nitrogens is 2. The van der Waals surface area contributed by atoms with Crippen LogP contribution in [0.4, 0.5) is 13.2 Å². The smallest absolute Gasteiger partial charge is 0.153 e. The van der Waals surface area contributed by atoms with E-state index in [4.69, 9.17) is 0 Å². The molecule has 2 aromatic carbocycles. The van der Waals surface area contributed by atoms with Crippen molar-refractivity contribution in [3.63, 3.8) is 0 Å². The van der Waals surface area contributed by atoms with Crippen LogP contribution in [0.2, 0.25) is 0 Å². The number of imidazole rings is 1. The summed E-state index contributed by atoms with van der Waals surface area (Å²) in [4.78, 5) is 6.81. The zero-order chi connectivity index (χ0) is 13.6. The van der Waals surface area contributed by atoms with Gasteiger partial charge in [-0.05, 0) is 34.1 Å². The molecule has 0 amide bonds. The number of halogens is 4. The molecule has 6 heteroatoms. The maximum absolute atomic E-state index is 13.5. The Morgan fingerprint density at radius 3 is 2.63 bits per heavy atom. The van der Waals surface area contributed by atoms with Crippen molar-refractivity contribution < 1.29 is 13.2 Å². The van der Waals surface area contributed by atoms with Crippen molar-refractivity contribution in [1.29, 1.82) is 0 Å². The molecular formula is C13H6BrF3N2. The highest BCUT2D eigenvalue weighted by Crippen LogP contribution is 2.30. The monoisotopic (exact) mass is 326 g/mol. The van der Waals surface area contributed by atoms with E-state index in [1.54, 1.807) is 6.07 Å². The normalized spacial score (nSPS) is 11.2. The Kier molecular flexibility index (Phi) is 2.82. The number of nitrogens with one attached hydrogen (secondary N) is 1. The van der Waals surface area contributed by atoms with Gasteiger partial charge in [-0.1, -0.05) is 6.07 Å². The van der Waals surface area contributed by atoms with Gasteiger partial charge in [-0.2, -0.15) is 0 Å². The second-order valence-electron chi connectivity index (χ2n) is 3.97. The van der Waals surface area contributed by atoms with Gasteiger partial charge in [0.25, 0.3) is 0 Å². The van der Waals surface area contributed by atoms with E-state index in [-0.39, 0.29) is 21.3 Å². The number of hydrogen-bond donors (Lipinski definition) is 1. The lowest BCUT2D eigenvalue weighted by Gasteiger charge is -2.00. The van der Waals surface area contributed by atoms with E-state index in [1.165, 1.54) is 12.1 Å². The highest BCUT2D eigenvalue weighted by atomic mass is 79.9. The minimum atomic E-state index is -0.759. The van der Waals surface area contributed by atoms with Gasteiger partial charge in [0.2, 0.25) is 0 Å². The van der Waals surface area contributed by atoms with Gasteiger partial charge in [-0.3, -0.25) is 0 Å². The average Bonchev–Trinajstić information content (AvgIpc) is 2.76. The Hall–Kier alpha value is -1.82. The highest BCUT2D eigenvalue weighted by Gasteiger charge is 2.14. The molecule has 2 nitrogen and oxygen atoms in total. The molecule has 0 fully saturated rings. The molecule has 0 aliphatic carbocycles. The largest absolute Gasteiger partial charge is 0.338 e. The Bertz CT molecular complexity index is 783. The van der Waals surface area contributed by atoms with Gasteiger partial charge in [0.05, 0.1) is 9.99 Å². The summed E-state index contributed by atoms with van der Waals surface area (Å²) >= 11 is 3.10. The topological polar surface area (TPSA) is 28.7 Å². The molecule has 1 N–H and O–H groups in total. The number of fused-ring (bicyclic) bond motifs is 1. The molecule has 0 spiro atoms. The molecule has 0 radical (unpaired) electrons. The lowest BCUT2D eigenvalue weighted by molar-refractivity contribution is 0.591. The number of aromatic amines is 1. The average molecular weight is 327 g/mol. The lowest BCUT2D eigenvalue weighted by Crippen LogP contribution is -1.85. The molecule has 0 aliphatic rings. The molecule has 3 rings (SSSR count). The summed E-state index contributed by atoms with van der Waals surface area (Å²) in [5.74, 6) is -1.64. The lowest BCUT2D eigenvalue weighted by atomic mass is 10.2. The van der Waals surface area contributed by atoms with Crippen LogP contribution in [0.3, 0.4) is 0 Å².